The fraction of sp³-hybridized carbons (Fsp3) is 0.207. The number of amides is 2. The van der Waals surface area contributed by atoms with Crippen LogP contribution < -0.4 is 14.8 Å². The van der Waals surface area contributed by atoms with Crippen LogP contribution in [0.2, 0.25) is 5.02 Å². The lowest BCUT2D eigenvalue weighted by Crippen LogP contribution is -2.31. The number of rotatable bonds is 9. The maximum absolute atomic E-state index is 12.6. The monoisotopic (exact) mass is 515 g/mol. The van der Waals surface area contributed by atoms with Crippen molar-refractivity contribution in [2.75, 3.05) is 19.0 Å². The number of imide groups is 1. The first-order valence-corrected chi connectivity index (χ1v) is 12.4. The Morgan fingerprint density at radius 3 is 2.38 bits per heavy atom. The molecule has 37 heavy (non-hydrogen) atoms. The molecule has 0 saturated heterocycles. The average molecular weight is 516 g/mol. The average Bonchev–Trinajstić information content (AvgIpc) is 3.16. The molecule has 3 aromatic carbocycles. The molecule has 8 heteroatoms. The minimum atomic E-state index is -0.225. The zero-order valence-corrected chi connectivity index (χ0v) is 21.3. The second kappa shape index (κ2) is 10.5. The number of aromatic nitrogens is 1. The van der Waals surface area contributed by atoms with Gasteiger partial charge >= 0.3 is 0 Å². The van der Waals surface area contributed by atoms with E-state index in [1.54, 1.807) is 61.8 Å². The molecular weight excluding hydrogens is 490 g/mol. The largest absolute Gasteiger partial charge is 0.493 e. The van der Waals surface area contributed by atoms with Crippen LogP contribution in [-0.4, -0.2) is 41.4 Å². The number of halogens is 1. The van der Waals surface area contributed by atoms with Crippen LogP contribution in [0.4, 0.5) is 5.69 Å². The molecule has 2 amide bonds. The fourth-order valence-corrected chi connectivity index (χ4v) is 4.65. The summed E-state index contributed by atoms with van der Waals surface area (Å²) in [5.74, 6) is 1.32. The van der Waals surface area contributed by atoms with Crippen molar-refractivity contribution in [3.8, 4) is 17.2 Å². The Morgan fingerprint density at radius 1 is 1.00 bits per heavy atom. The zero-order valence-electron chi connectivity index (χ0n) is 20.5. The van der Waals surface area contributed by atoms with E-state index >= 15 is 0 Å². The molecule has 4 aromatic rings. The van der Waals surface area contributed by atoms with E-state index < -0.39 is 0 Å². The fourth-order valence-electron chi connectivity index (χ4n) is 4.52. The number of nitrogens with one attached hydrogen (secondary N) is 1. The SMILES string of the molecule is COc1cc(NC(C)CCCN2C(=O)c3ccccc3C2=O)c2ncccc2c1Oc1ccc(Cl)cc1. The Kier molecular flexibility index (Phi) is 6.97. The summed E-state index contributed by atoms with van der Waals surface area (Å²) in [6, 6.07) is 19.8. The predicted molar refractivity (Wildman–Crippen MR) is 144 cm³/mol. The van der Waals surface area contributed by atoms with Gasteiger partial charge in [0.25, 0.3) is 11.8 Å². The van der Waals surface area contributed by atoms with Crippen LogP contribution in [0.25, 0.3) is 10.9 Å². The number of carbonyl (C=O) groups excluding carboxylic acids is 2. The van der Waals surface area contributed by atoms with Crippen molar-refractivity contribution in [2.24, 2.45) is 0 Å². The van der Waals surface area contributed by atoms with Gasteiger partial charge in [-0.05, 0) is 68.3 Å². The van der Waals surface area contributed by atoms with E-state index in [2.05, 4.69) is 17.2 Å². The van der Waals surface area contributed by atoms with Gasteiger partial charge in [-0.25, -0.2) is 0 Å². The van der Waals surface area contributed by atoms with Gasteiger partial charge < -0.3 is 14.8 Å². The molecule has 5 rings (SSSR count). The molecule has 1 atom stereocenters. The Labute approximate surface area is 220 Å². The first-order chi connectivity index (χ1) is 18.0. The molecule has 1 aliphatic heterocycles. The Bertz CT molecular complexity index is 1440. The number of hydrogen-bond acceptors (Lipinski definition) is 6. The lowest BCUT2D eigenvalue weighted by molar-refractivity contribution is 0.0651. The number of anilines is 1. The van der Waals surface area contributed by atoms with Crippen LogP contribution in [0.5, 0.6) is 17.2 Å². The Balaban J connectivity index is 1.30. The smallest absolute Gasteiger partial charge is 0.261 e. The second-order valence-corrected chi connectivity index (χ2v) is 9.34. The molecule has 0 aliphatic carbocycles. The van der Waals surface area contributed by atoms with Crippen LogP contribution in [-0.2, 0) is 0 Å². The maximum Gasteiger partial charge on any atom is 0.261 e. The van der Waals surface area contributed by atoms with Gasteiger partial charge in [0.2, 0.25) is 0 Å². The number of fused-ring (bicyclic) bond motifs is 2. The molecule has 0 spiro atoms. The van der Waals surface area contributed by atoms with Crippen molar-refractivity contribution in [1.29, 1.82) is 0 Å². The first-order valence-electron chi connectivity index (χ1n) is 12.1. The number of methoxy groups -OCH3 is 1. The maximum atomic E-state index is 12.6. The van der Waals surface area contributed by atoms with Gasteiger partial charge in [0.15, 0.2) is 11.5 Å². The lowest BCUT2D eigenvalue weighted by atomic mass is 10.1. The number of carbonyl (C=O) groups is 2. The molecule has 0 radical (unpaired) electrons. The van der Waals surface area contributed by atoms with E-state index in [1.807, 2.05) is 18.2 Å². The molecule has 1 N–H and O–H groups in total. The molecule has 1 unspecified atom stereocenters. The molecular formula is C29H26ClN3O4. The summed E-state index contributed by atoms with van der Waals surface area (Å²) in [5, 5.41) is 4.95. The Morgan fingerprint density at radius 2 is 1.70 bits per heavy atom. The van der Waals surface area contributed by atoms with Crippen molar-refractivity contribution in [1.82, 2.24) is 9.88 Å². The quantitative estimate of drug-likeness (QED) is 0.254. The third kappa shape index (κ3) is 4.95. The molecule has 7 nitrogen and oxygen atoms in total. The molecule has 188 valence electrons. The number of ether oxygens (including phenoxy) is 2. The standard InChI is InChI=1S/C29H26ClN3O4/c1-18(7-6-16-33-28(34)21-8-3-4-9-22(21)29(33)35)32-24-17-25(36-2)27(23-10-5-15-31-26(23)24)37-20-13-11-19(30)12-14-20/h3-5,8-15,17-18,32H,6-7,16H2,1-2H3. The zero-order chi connectivity index (χ0) is 25.9. The van der Waals surface area contributed by atoms with E-state index in [-0.39, 0.29) is 17.9 Å². The van der Waals surface area contributed by atoms with Crippen LogP contribution in [0.3, 0.4) is 0 Å². The van der Waals surface area contributed by atoms with E-state index in [0.717, 1.165) is 23.0 Å². The van der Waals surface area contributed by atoms with Gasteiger partial charge in [0.1, 0.15) is 5.75 Å². The highest BCUT2D eigenvalue weighted by molar-refractivity contribution is 6.30. The minimum absolute atomic E-state index is 0.0492. The first kappa shape index (κ1) is 24.6. The summed E-state index contributed by atoms with van der Waals surface area (Å²) in [6.45, 7) is 2.43. The highest BCUT2D eigenvalue weighted by atomic mass is 35.5. The van der Waals surface area contributed by atoms with Crippen molar-refractivity contribution >= 4 is 40.0 Å². The highest BCUT2D eigenvalue weighted by Gasteiger charge is 2.34. The summed E-state index contributed by atoms with van der Waals surface area (Å²) in [7, 11) is 1.60. The third-order valence-electron chi connectivity index (χ3n) is 6.36. The topological polar surface area (TPSA) is 80.8 Å². The number of nitrogens with zero attached hydrogens (tertiary/aromatic N) is 2. The number of benzene rings is 3. The highest BCUT2D eigenvalue weighted by Crippen LogP contribution is 2.42. The van der Waals surface area contributed by atoms with Crippen molar-refractivity contribution < 1.29 is 19.1 Å². The van der Waals surface area contributed by atoms with Gasteiger partial charge in [-0.1, -0.05) is 23.7 Å². The normalized spacial score (nSPS) is 13.5. The van der Waals surface area contributed by atoms with Gasteiger partial charge in [-0.15, -0.1) is 0 Å². The summed E-state index contributed by atoms with van der Waals surface area (Å²) in [4.78, 5) is 31.2. The third-order valence-corrected chi connectivity index (χ3v) is 6.61. The van der Waals surface area contributed by atoms with Crippen LogP contribution in [0, 0.1) is 0 Å². The van der Waals surface area contributed by atoms with Crippen LogP contribution in [0.1, 0.15) is 40.5 Å². The van der Waals surface area contributed by atoms with Crippen molar-refractivity contribution in [3.05, 3.63) is 89.1 Å². The summed E-state index contributed by atoms with van der Waals surface area (Å²) in [6.07, 6.45) is 3.14. The van der Waals surface area contributed by atoms with Gasteiger partial charge in [0.05, 0.1) is 29.4 Å². The predicted octanol–water partition coefficient (Wildman–Crippen LogP) is 6.57. The molecule has 1 aliphatic rings. The molecule has 1 aromatic heterocycles. The lowest BCUT2D eigenvalue weighted by Gasteiger charge is -2.21. The van der Waals surface area contributed by atoms with Gasteiger partial charge in [-0.3, -0.25) is 19.5 Å². The summed E-state index contributed by atoms with van der Waals surface area (Å²) in [5.41, 5.74) is 2.51. The van der Waals surface area contributed by atoms with Gasteiger partial charge in [-0.2, -0.15) is 0 Å². The molecule has 0 saturated carbocycles. The van der Waals surface area contributed by atoms with Crippen LogP contribution >= 0.6 is 11.6 Å². The number of hydrogen-bond donors (Lipinski definition) is 1. The van der Waals surface area contributed by atoms with Crippen molar-refractivity contribution in [2.45, 2.75) is 25.8 Å². The number of pyridine rings is 1. The van der Waals surface area contributed by atoms with E-state index in [4.69, 9.17) is 21.1 Å². The van der Waals surface area contributed by atoms with E-state index in [0.29, 0.717) is 46.4 Å². The Hall–Kier alpha value is -4.10. The van der Waals surface area contributed by atoms with Crippen molar-refractivity contribution in [3.63, 3.8) is 0 Å². The van der Waals surface area contributed by atoms with E-state index in [1.165, 1.54) is 4.90 Å². The van der Waals surface area contributed by atoms with Gasteiger partial charge in [0, 0.05) is 35.3 Å². The molecule has 2 heterocycles. The molecule has 0 bridgehead atoms. The van der Waals surface area contributed by atoms with E-state index in [9.17, 15) is 9.59 Å². The summed E-state index contributed by atoms with van der Waals surface area (Å²) >= 11 is 6.01. The second-order valence-electron chi connectivity index (χ2n) is 8.91. The molecule has 0 fully saturated rings. The summed E-state index contributed by atoms with van der Waals surface area (Å²) < 4.78 is 11.9. The minimum Gasteiger partial charge on any atom is -0.493 e. The van der Waals surface area contributed by atoms with Crippen LogP contribution in [0.15, 0.2) is 72.9 Å².